The van der Waals surface area contributed by atoms with Crippen molar-refractivity contribution in [3.05, 3.63) is 30.3 Å². The lowest BCUT2D eigenvalue weighted by atomic mass is 10.1. The zero-order valence-corrected chi connectivity index (χ0v) is 12.1. The van der Waals surface area contributed by atoms with E-state index < -0.39 is 0 Å². The Balaban J connectivity index is 1.65. The van der Waals surface area contributed by atoms with Gasteiger partial charge < -0.3 is 15.4 Å². The Kier molecular flexibility index (Phi) is 5.41. The van der Waals surface area contributed by atoms with Gasteiger partial charge in [0.15, 0.2) is 0 Å². The molecule has 1 saturated carbocycles. The average Bonchev–Trinajstić information content (AvgIpc) is 2.90. The molecular formula is C16H24N2O2. The summed E-state index contributed by atoms with van der Waals surface area (Å²) in [5, 5.41) is 0. The van der Waals surface area contributed by atoms with Crippen LogP contribution < -0.4 is 10.5 Å². The van der Waals surface area contributed by atoms with Crippen LogP contribution in [0.3, 0.4) is 0 Å². The van der Waals surface area contributed by atoms with Crippen molar-refractivity contribution in [2.45, 2.75) is 31.7 Å². The maximum atomic E-state index is 12.2. The fourth-order valence-electron chi connectivity index (χ4n) is 2.67. The Hall–Kier alpha value is -1.55. The monoisotopic (exact) mass is 276 g/mol. The number of hydrogen-bond donors (Lipinski definition) is 1. The standard InChI is InChI=1S/C16H24N2O2/c1-18(16(19)13-8-9-14(17)12-13)10-5-11-20-15-6-3-2-4-7-15/h2-4,6-7,13-14H,5,8-12,17H2,1H3. The summed E-state index contributed by atoms with van der Waals surface area (Å²) >= 11 is 0. The predicted molar refractivity (Wildman–Crippen MR) is 79.5 cm³/mol. The highest BCUT2D eigenvalue weighted by molar-refractivity contribution is 5.78. The van der Waals surface area contributed by atoms with Gasteiger partial charge in [0.1, 0.15) is 5.75 Å². The van der Waals surface area contributed by atoms with Crippen molar-refractivity contribution in [3.63, 3.8) is 0 Å². The smallest absolute Gasteiger partial charge is 0.225 e. The molecule has 1 aliphatic rings. The molecule has 0 heterocycles. The molecule has 0 bridgehead atoms. The Morgan fingerprint density at radius 3 is 2.75 bits per heavy atom. The second-order valence-corrected chi connectivity index (χ2v) is 5.54. The van der Waals surface area contributed by atoms with E-state index in [2.05, 4.69) is 0 Å². The van der Waals surface area contributed by atoms with E-state index in [9.17, 15) is 4.79 Å². The first-order chi connectivity index (χ1) is 9.66. The summed E-state index contributed by atoms with van der Waals surface area (Å²) in [4.78, 5) is 14.0. The SMILES string of the molecule is CN(CCCOc1ccccc1)C(=O)C1CCC(N)C1. The Labute approximate surface area is 120 Å². The number of rotatable bonds is 6. The summed E-state index contributed by atoms with van der Waals surface area (Å²) in [7, 11) is 1.87. The molecule has 2 atom stereocenters. The van der Waals surface area contributed by atoms with E-state index in [1.165, 1.54) is 0 Å². The van der Waals surface area contributed by atoms with E-state index in [-0.39, 0.29) is 17.9 Å². The van der Waals surface area contributed by atoms with Crippen LogP contribution in [0.15, 0.2) is 30.3 Å². The number of ether oxygens (including phenoxy) is 1. The maximum absolute atomic E-state index is 12.2. The highest BCUT2D eigenvalue weighted by atomic mass is 16.5. The number of benzene rings is 1. The fourth-order valence-corrected chi connectivity index (χ4v) is 2.67. The van der Waals surface area contributed by atoms with Crippen molar-refractivity contribution in [3.8, 4) is 5.75 Å². The second-order valence-electron chi connectivity index (χ2n) is 5.54. The molecule has 0 spiro atoms. The van der Waals surface area contributed by atoms with Crippen LogP contribution in [-0.2, 0) is 4.79 Å². The van der Waals surface area contributed by atoms with Gasteiger partial charge in [-0.25, -0.2) is 0 Å². The van der Waals surface area contributed by atoms with E-state index in [1.807, 2.05) is 42.3 Å². The molecule has 4 heteroatoms. The van der Waals surface area contributed by atoms with Gasteiger partial charge in [0.05, 0.1) is 6.61 Å². The number of carbonyl (C=O) groups is 1. The lowest BCUT2D eigenvalue weighted by molar-refractivity contribution is -0.134. The van der Waals surface area contributed by atoms with Crippen LogP contribution in [0.2, 0.25) is 0 Å². The van der Waals surface area contributed by atoms with Gasteiger partial charge in [-0.3, -0.25) is 4.79 Å². The first-order valence-electron chi connectivity index (χ1n) is 7.35. The highest BCUT2D eigenvalue weighted by Crippen LogP contribution is 2.25. The minimum atomic E-state index is 0.130. The summed E-state index contributed by atoms with van der Waals surface area (Å²) in [5.41, 5.74) is 5.86. The lowest BCUT2D eigenvalue weighted by Gasteiger charge is -2.21. The van der Waals surface area contributed by atoms with Gasteiger partial charge >= 0.3 is 0 Å². The minimum absolute atomic E-state index is 0.130. The first kappa shape index (κ1) is 14.9. The summed E-state index contributed by atoms with van der Waals surface area (Å²) < 4.78 is 5.62. The van der Waals surface area contributed by atoms with Gasteiger partial charge in [0, 0.05) is 25.6 Å². The summed E-state index contributed by atoms with van der Waals surface area (Å²) in [5.74, 6) is 1.24. The largest absolute Gasteiger partial charge is 0.494 e. The van der Waals surface area contributed by atoms with Crippen LogP contribution in [0.5, 0.6) is 5.75 Å². The van der Waals surface area contributed by atoms with Crippen molar-refractivity contribution in [2.24, 2.45) is 11.7 Å². The zero-order chi connectivity index (χ0) is 14.4. The second kappa shape index (κ2) is 7.29. The molecule has 110 valence electrons. The van der Waals surface area contributed by atoms with Crippen molar-refractivity contribution >= 4 is 5.91 Å². The average molecular weight is 276 g/mol. The number of amides is 1. The highest BCUT2D eigenvalue weighted by Gasteiger charge is 2.29. The molecule has 4 nitrogen and oxygen atoms in total. The molecule has 2 N–H and O–H groups in total. The molecule has 1 amide bonds. The van der Waals surface area contributed by atoms with Crippen molar-refractivity contribution in [1.29, 1.82) is 0 Å². The van der Waals surface area contributed by atoms with Gasteiger partial charge in [-0.05, 0) is 37.8 Å². The molecule has 1 aromatic carbocycles. The quantitative estimate of drug-likeness (QED) is 0.809. The third-order valence-electron chi connectivity index (χ3n) is 3.85. The number of nitrogens with zero attached hydrogens (tertiary/aromatic N) is 1. The summed E-state index contributed by atoms with van der Waals surface area (Å²) in [6.07, 6.45) is 3.59. The van der Waals surface area contributed by atoms with Crippen LogP contribution in [0.4, 0.5) is 0 Å². The molecular weight excluding hydrogens is 252 g/mol. The number of carbonyl (C=O) groups excluding carboxylic acids is 1. The molecule has 2 unspecified atom stereocenters. The molecule has 1 aliphatic carbocycles. The third kappa shape index (κ3) is 4.23. The van der Waals surface area contributed by atoms with Crippen LogP contribution in [0.25, 0.3) is 0 Å². The minimum Gasteiger partial charge on any atom is -0.494 e. The van der Waals surface area contributed by atoms with Crippen LogP contribution in [-0.4, -0.2) is 37.0 Å². The lowest BCUT2D eigenvalue weighted by Crippen LogP contribution is -2.33. The van der Waals surface area contributed by atoms with Gasteiger partial charge in [0.2, 0.25) is 5.91 Å². The topological polar surface area (TPSA) is 55.6 Å². The number of hydrogen-bond acceptors (Lipinski definition) is 3. The first-order valence-corrected chi connectivity index (χ1v) is 7.35. The fraction of sp³-hybridized carbons (Fsp3) is 0.562. The summed E-state index contributed by atoms with van der Waals surface area (Å²) in [6, 6.07) is 9.96. The third-order valence-corrected chi connectivity index (χ3v) is 3.85. The maximum Gasteiger partial charge on any atom is 0.225 e. The van der Waals surface area contributed by atoms with Gasteiger partial charge in [0.25, 0.3) is 0 Å². The number of nitrogens with two attached hydrogens (primary N) is 1. The van der Waals surface area contributed by atoms with E-state index >= 15 is 0 Å². The molecule has 20 heavy (non-hydrogen) atoms. The van der Waals surface area contributed by atoms with Crippen molar-refractivity contribution in [1.82, 2.24) is 4.90 Å². The van der Waals surface area contributed by atoms with E-state index in [1.54, 1.807) is 0 Å². The molecule has 1 fully saturated rings. The van der Waals surface area contributed by atoms with E-state index in [0.717, 1.165) is 38.0 Å². The molecule has 2 rings (SSSR count). The van der Waals surface area contributed by atoms with Crippen molar-refractivity contribution in [2.75, 3.05) is 20.2 Å². The molecule has 0 saturated heterocycles. The van der Waals surface area contributed by atoms with Crippen LogP contribution >= 0.6 is 0 Å². The van der Waals surface area contributed by atoms with E-state index in [4.69, 9.17) is 10.5 Å². The predicted octanol–water partition coefficient (Wildman–Crippen LogP) is 2.04. The number of para-hydroxylation sites is 1. The van der Waals surface area contributed by atoms with Crippen LogP contribution in [0.1, 0.15) is 25.7 Å². The van der Waals surface area contributed by atoms with Crippen molar-refractivity contribution < 1.29 is 9.53 Å². The van der Waals surface area contributed by atoms with E-state index in [0.29, 0.717) is 6.61 Å². The van der Waals surface area contributed by atoms with Gasteiger partial charge in [-0.1, -0.05) is 18.2 Å². The van der Waals surface area contributed by atoms with Crippen LogP contribution in [0, 0.1) is 5.92 Å². The Morgan fingerprint density at radius 1 is 1.35 bits per heavy atom. The zero-order valence-electron chi connectivity index (χ0n) is 12.1. The van der Waals surface area contributed by atoms with Gasteiger partial charge in [-0.15, -0.1) is 0 Å². The van der Waals surface area contributed by atoms with Gasteiger partial charge in [-0.2, -0.15) is 0 Å². The summed E-state index contributed by atoms with van der Waals surface area (Å²) in [6.45, 7) is 1.36. The Bertz CT molecular complexity index is 422. The normalized spacial score (nSPS) is 21.7. The molecule has 0 radical (unpaired) electrons. The molecule has 0 aromatic heterocycles. The molecule has 1 aromatic rings. The molecule has 0 aliphatic heterocycles. The Morgan fingerprint density at radius 2 is 2.10 bits per heavy atom.